The maximum absolute atomic E-state index is 13.4. The molecule has 0 spiro atoms. The number of allylic oxidation sites excluding steroid dienone is 6. The lowest BCUT2D eigenvalue weighted by atomic mass is 10.0. The van der Waals surface area contributed by atoms with E-state index in [0.29, 0.717) is 46.3 Å². The van der Waals surface area contributed by atoms with Gasteiger partial charge in [-0.15, -0.1) is 6.42 Å². The SMILES string of the molecule is C#CC(C)/C(C/C(=C\C)S(=O)NC1=C(C(=O)N(CCC)C(C)C)CC=CC(Cl)=C1)=N/SN. The molecule has 0 aromatic rings. The van der Waals surface area contributed by atoms with Gasteiger partial charge in [0.1, 0.15) is 11.0 Å². The molecular formula is C23H33ClN4O2S2. The van der Waals surface area contributed by atoms with Crippen molar-refractivity contribution < 1.29 is 9.00 Å². The smallest absolute Gasteiger partial charge is 0.252 e. The Hall–Kier alpha value is -1.79. The summed E-state index contributed by atoms with van der Waals surface area (Å²) in [5.74, 6) is 2.28. The molecule has 32 heavy (non-hydrogen) atoms. The molecule has 6 nitrogen and oxygen atoms in total. The highest BCUT2D eigenvalue weighted by Crippen LogP contribution is 2.23. The standard InChI is InChI=1S/C23H33ClN4O2S2/c1-7-13-28(16(4)5)23(29)20-12-10-11-18(24)14-22(20)27-32(30)19(9-3)15-21(26-31-25)17(6)8-2/h2,9-11,14,16-17,27H,7,12-13,15,25H2,1,3-6H3/b19-9+,26-21+. The monoisotopic (exact) mass is 496 g/mol. The fourth-order valence-electron chi connectivity index (χ4n) is 3.02. The largest absolute Gasteiger partial charge is 0.336 e. The lowest BCUT2D eigenvalue weighted by Gasteiger charge is -2.28. The number of amides is 1. The molecule has 0 fully saturated rings. The number of hydrogen-bond donors (Lipinski definition) is 2. The van der Waals surface area contributed by atoms with Gasteiger partial charge in [-0.25, -0.2) is 8.61 Å². The Bertz CT molecular complexity index is 898. The van der Waals surface area contributed by atoms with Crippen LogP contribution in [0.15, 0.2) is 49.9 Å². The molecule has 0 saturated heterocycles. The fourth-order valence-corrected chi connectivity index (χ4v) is 4.58. The van der Waals surface area contributed by atoms with Crippen molar-refractivity contribution in [2.75, 3.05) is 6.54 Å². The van der Waals surface area contributed by atoms with Crippen LogP contribution in [0.2, 0.25) is 0 Å². The zero-order valence-corrected chi connectivity index (χ0v) is 21.7. The first-order chi connectivity index (χ1) is 15.2. The van der Waals surface area contributed by atoms with Crippen molar-refractivity contribution in [1.29, 1.82) is 0 Å². The predicted octanol–water partition coefficient (Wildman–Crippen LogP) is 4.75. The first kappa shape index (κ1) is 28.2. The van der Waals surface area contributed by atoms with Crippen LogP contribution >= 0.6 is 23.7 Å². The summed E-state index contributed by atoms with van der Waals surface area (Å²) < 4.78 is 20.4. The molecule has 1 rings (SSSR count). The van der Waals surface area contributed by atoms with Crippen molar-refractivity contribution in [2.45, 2.75) is 59.9 Å². The highest BCUT2D eigenvalue weighted by Gasteiger charge is 2.24. The Morgan fingerprint density at radius 3 is 2.72 bits per heavy atom. The maximum Gasteiger partial charge on any atom is 0.252 e. The molecule has 0 heterocycles. The lowest BCUT2D eigenvalue weighted by molar-refractivity contribution is -0.128. The number of nitrogens with one attached hydrogen (secondary N) is 1. The number of carbonyl (C=O) groups is 1. The molecule has 0 radical (unpaired) electrons. The second-order valence-electron chi connectivity index (χ2n) is 7.50. The van der Waals surface area contributed by atoms with E-state index >= 15 is 0 Å². The molecule has 0 aliphatic heterocycles. The van der Waals surface area contributed by atoms with Gasteiger partial charge in [0.2, 0.25) is 0 Å². The summed E-state index contributed by atoms with van der Waals surface area (Å²) in [5, 5.41) is 5.94. The first-order valence-corrected chi connectivity index (χ1v) is 12.9. The Morgan fingerprint density at radius 2 is 2.19 bits per heavy atom. The summed E-state index contributed by atoms with van der Waals surface area (Å²) in [4.78, 5) is 15.8. The molecule has 9 heteroatoms. The maximum atomic E-state index is 13.4. The van der Waals surface area contributed by atoms with E-state index in [0.717, 1.165) is 18.6 Å². The normalized spacial score (nSPS) is 16.9. The van der Waals surface area contributed by atoms with Gasteiger partial charge in [0, 0.05) is 40.2 Å². The summed E-state index contributed by atoms with van der Waals surface area (Å²) in [6.07, 6.45) is 14.0. The highest BCUT2D eigenvalue weighted by molar-refractivity contribution is 7.95. The lowest BCUT2D eigenvalue weighted by Crippen LogP contribution is -2.39. The molecule has 1 amide bonds. The number of hydrogen-bond acceptors (Lipinski definition) is 5. The second-order valence-corrected chi connectivity index (χ2v) is 9.59. The van der Waals surface area contributed by atoms with E-state index in [4.69, 9.17) is 23.2 Å². The van der Waals surface area contributed by atoms with Crippen LogP contribution in [-0.2, 0) is 15.8 Å². The molecular weight excluding hydrogens is 464 g/mol. The van der Waals surface area contributed by atoms with E-state index in [-0.39, 0.29) is 17.9 Å². The predicted molar refractivity (Wildman–Crippen MR) is 139 cm³/mol. The second kappa shape index (κ2) is 14.4. The van der Waals surface area contributed by atoms with Gasteiger partial charge in [0.05, 0.1) is 23.7 Å². The Kier molecular flexibility index (Phi) is 12.7. The van der Waals surface area contributed by atoms with Gasteiger partial charge in [-0.05, 0) is 52.7 Å². The van der Waals surface area contributed by atoms with Crippen LogP contribution in [0.3, 0.4) is 0 Å². The fraction of sp³-hybridized carbons (Fsp3) is 0.478. The van der Waals surface area contributed by atoms with Crippen molar-refractivity contribution in [3.8, 4) is 12.3 Å². The third kappa shape index (κ3) is 8.28. The Labute approximate surface area is 204 Å². The average Bonchev–Trinajstić information content (AvgIpc) is 2.94. The summed E-state index contributed by atoms with van der Waals surface area (Å²) in [7, 11) is -1.63. The number of halogens is 1. The first-order valence-electron chi connectivity index (χ1n) is 10.5. The van der Waals surface area contributed by atoms with E-state index in [9.17, 15) is 9.00 Å². The van der Waals surface area contributed by atoms with E-state index in [1.54, 1.807) is 25.2 Å². The van der Waals surface area contributed by atoms with Crippen molar-refractivity contribution in [1.82, 2.24) is 9.62 Å². The zero-order valence-electron chi connectivity index (χ0n) is 19.4. The van der Waals surface area contributed by atoms with E-state index in [2.05, 4.69) is 15.0 Å². The van der Waals surface area contributed by atoms with E-state index in [1.807, 2.05) is 38.7 Å². The van der Waals surface area contributed by atoms with E-state index in [1.165, 1.54) is 0 Å². The molecule has 0 aromatic carbocycles. The number of nitrogens with two attached hydrogens (primary N) is 1. The van der Waals surface area contributed by atoms with Gasteiger partial charge in [-0.3, -0.25) is 9.93 Å². The van der Waals surface area contributed by atoms with Crippen molar-refractivity contribution in [3.05, 3.63) is 45.5 Å². The number of terminal acetylenes is 1. The minimum Gasteiger partial charge on any atom is -0.336 e. The minimum absolute atomic E-state index is 0.0391. The molecule has 1 aliphatic rings. The van der Waals surface area contributed by atoms with Gasteiger partial charge >= 0.3 is 0 Å². The molecule has 0 bridgehead atoms. The van der Waals surface area contributed by atoms with Crippen LogP contribution in [0.5, 0.6) is 0 Å². The highest BCUT2D eigenvalue weighted by atomic mass is 35.5. The quantitative estimate of drug-likeness (QED) is 0.245. The van der Waals surface area contributed by atoms with Crippen molar-refractivity contribution in [2.24, 2.45) is 15.5 Å². The molecule has 2 atom stereocenters. The molecule has 0 saturated carbocycles. The van der Waals surface area contributed by atoms with Gasteiger partial charge in [-0.2, -0.15) is 0 Å². The van der Waals surface area contributed by atoms with Crippen LogP contribution in [0.4, 0.5) is 0 Å². The van der Waals surface area contributed by atoms with Crippen molar-refractivity contribution in [3.63, 3.8) is 0 Å². The van der Waals surface area contributed by atoms with Gasteiger partial charge in [0.25, 0.3) is 5.91 Å². The average molecular weight is 497 g/mol. The molecule has 3 N–H and O–H groups in total. The zero-order chi connectivity index (χ0) is 24.3. The third-order valence-corrected chi connectivity index (χ3v) is 6.69. The summed E-state index contributed by atoms with van der Waals surface area (Å²) in [6, 6.07) is 0.0391. The van der Waals surface area contributed by atoms with Gasteiger partial charge in [-0.1, -0.05) is 36.6 Å². The van der Waals surface area contributed by atoms with Gasteiger partial charge in [0.15, 0.2) is 0 Å². The van der Waals surface area contributed by atoms with Gasteiger partial charge < -0.3 is 9.62 Å². The van der Waals surface area contributed by atoms with Crippen LogP contribution in [0.1, 0.15) is 53.9 Å². The van der Waals surface area contributed by atoms with Crippen molar-refractivity contribution >= 4 is 46.3 Å². The summed E-state index contributed by atoms with van der Waals surface area (Å²) >= 11 is 7.10. The molecule has 0 aromatic heterocycles. The summed E-state index contributed by atoms with van der Waals surface area (Å²) in [6.45, 7) is 10.3. The summed E-state index contributed by atoms with van der Waals surface area (Å²) in [5.41, 5.74) is 1.62. The Morgan fingerprint density at radius 1 is 1.50 bits per heavy atom. The number of nitrogens with zero attached hydrogens (tertiary/aromatic N) is 2. The van der Waals surface area contributed by atoms with Crippen LogP contribution in [0.25, 0.3) is 0 Å². The van der Waals surface area contributed by atoms with Crippen LogP contribution in [-0.4, -0.2) is 33.3 Å². The molecule has 1 aliphatic carbocycles. The van der Waals surface area contributed by atoms with Crippen LogP contribution < -0.4 is 9.86 Å². The molecule has 2 unspecified atom stereocenters. The number of rotatable bonds is 11. The number of carbonyl (C=O) groups excluding carboxylic acids is 1. The van der Waals surface area contributed by atoms with E-state index < -0.39 is 11.0 Å². The topological polar surface area (TPSA) is 87.8 Å². The Balaban J connectivity index is 3.30. The molecule has 176 valence electrons. The van der Waals surface area contributed by atoms with Crippen LogP contribution in [0, 0.1) is 18.3 Å². The minimum atomic E-state index is -1.63. The third-order valence-electron chi connectivity index (χ3n) is 4.85.